The molecule has 0 saturated heterocycles. The minimum Gasteiger partial charge on any atom is -0.510 e. The molecule has 4 atom stereocenters. The molecule has 0 aliphatic heterocycles. The zero-order valence-electron chi connectivity index (χ0n) is 22.2. The molecule has 208 valence electrons. The largest absolute Gasteiger partial charge is 0.510 e. The van der Waals surface area contributed by atoms with Gasteiger partial charge in [0.2, 0.25) is 5.78 Å². The summed E-state index contributed by atoms with van der Waals surface area (Å²) in [5, 5.41) is 47.6. The Hall–Kier alpha value is -4.48. The number of nitrogens with zero attached hydrogens (tertiary/aromatic N) is 2. The summed E-state index contributed by atoms with van der Waals surface area (Å²) in [5.74, 6) is -6.76. The third kappa shape index (κ3) is 3.81. The van der Waals surface area contributed by atoms with E-state index in [-0.39, 0.29) is 29.7 Å². The van der Waals surface area contributed by atoms with Crippen LogP contribution >= 0.6 is 0 Å². The number of benzene rings is 2. The summed E-state index contributed by atoms with van der Waals surface area (Å²) < 4.78 is 0. The van der Waals surface area contributed by atoms with E-state index in [0.717, 1.165) is 5.56 Å². The van der Waals surface area contributed by atoms with E-state index >= 15 is 0 Å². The fourth-order valence-electron chi connectivity index (χ4n) is 6.39. The van der Waals surface area contributed by atoms with E-state index in [2.05, 4.69) is 10.3 Å². The highest BCUT2D eigenvalue weighted by Crippen LogP contribution is 2.53. The predicted octanol–water partition coefficient (Wildman–Crippen LogP) is 1.67. The second-order valence-electron chi connectivity index (χ2n) is 10.5. The molecule has 3 aliphatic rings. The number of amides is 1. The molecule has 11 heteroatoms. The lowest BCUT2D eigenvalue weighted by atomic mass is 9.58. The lowest BCUT2D eigenvalue weighted by Crippen LogP contribution is -2.63. The number of carbonyl (C=O) groups is 3. The molecule has 0 heterocycles. The Labute approximate surface area is 230 Å². The van der Waals surface area contributed by atoms with Crippen molar-refractivity contribution in [2.75, 3.05) is 21.1 Å². The van der Waals surface area contributed by atoms with Crippen molar-refractivity contribution in [3.05, 3.63) is 70.2 Å². The maximum Gasteiger partial charge on any atom is 0.255 e. The molecule has 11 nitrogen and oxygen atoms in total. The first-order valence-corrected chi connectivity index (χ1v) is 12.7. The van der Waals surface area contributed by atoms with Crippen LogP contribution in [0.2, 0.25) is 0 Å². The standard InChI is InChI=1S/C29H30N4O7/c1-31-12-32-15-6-4-13(5-7-15)16-8-9-19(34)21-17(16)10-14-11-18-23(33(2)3)25(36)22(28(30)39)27(38)29(18,40)26(37)20(14)24(21)35/h4-9,12,14,18,23,34,36-37,40H,10-11H2,1-3H3,(H2,30,39)(H,31,32)/t14-,18-,23-,29-/m0/s1. The van der Waals surface area contributed by atoms with Gasteiger partial charge in [0.1, 0.15) is 22.8 Å². The van der Waals surface area contributed by atoms with Gasteiger partial charge in [-0.05, 0) is 67.7 Å². The van der Waals surface area contributed by atoms with Gasteiger partial charge in [-0.1, -0.05) is 18.2 Å². The van der Waals surface area contributed by atoms with Crippen LogP contribution in [0.1, 0.15) is 22.3 Å². The minimum absolute atomic E-state index is 0.0263. The molecule has 1 amide bonds. The number of phenols is 1. The average Bonchev–Trinajstić information content (AvgIpc) is 2.89. The SMILES string of the molecule is CN/C=N\c1ccc(-c2ccc(O)c3c2C[C@H]2C[C@H]4[C@H](N(C)C)C(O)=C(C(N)=O)C(=O)[C@@]4(O)C(O)=C2C3=O)cc1. The molecular formula is C29H30N4O7. The summed E-state index contributed by atoms with van der Waals surface area (Å²) in [6.07, 6.45) is 1.79. The number of primary amides is 1. The summed E-state index contributed by atoms with van der Waals surface area (Å²) in [4.78, 5) is 45.1. The maximum atomic E-state index is 13.9. The number of nitrogens with two attached hydrogens (primary N) is 1. The van der Waals surface area contributed by atoms with Crippen LogP contribution in [0.5, 0.6) is 5.75 Å². The first-order valence-electron chi connectivity index (χ1n) is 12.7. The molecule has 0 unspecified atom stereocenters. The summed E-state index contributed by atoms with van der Waals surface area (Å²) in [5.41, 5.74) is 4.40. The van der Waals surface area contributed by atoms with E-state index < -0.39 is 58.0 Å². The van der Waals surface area contributed by atoms with Crippen LogP contribution in [0.4, 0.5) is 5.69 Å². The highest BCUT2D eigenvalue weighted by Gasteiger charge is 2.63. The Morgan fingerprint density at radius 1 is 1.12 bits per heavy atom. The summed E-state index contributed by atoms with van der Waals surface area (Å²) in [6, 6.07) is 9.37. The van der Waals surface area contributed by atoms with Crippen molar-refractivity contribution in [3.8, 4) is 16.9 Å². The van der Waals surface area contributed by atoms with Crippen LogP contribution in [0.15, 0.2) is 64.1 Å². The summed E-state index contributed by atoms with van der Waals surface area (Å²) >= 11 is 0. The van der Waals surface area contributed by atoms with Gasteiger partial charge in [-0.25, -0.2) is 4.99 Å². The zero-order valence-corrected chi connectivity index (χ0v) is 22.2. The Morgan fingerprint density at radius 3 is 2.40 bits per heavy atom. The molecular weight excluding hydrogens is 516 g/mol. The second-order valence-corrected chi connectivity index (χ2v) is 10.5. The Balaban J connectivity index is 1.66. The first kappa shape index (κ1) is 27.1. The normalized spacial score (nSPS) is 26.2. The summed E-state index contributed by atoms with van der Waals surface area (Å²) in [7, 11) is 4.92. The van der Waals surface area contributed by atoms with Crippen molar-refractivity contribution in [1.29, 1.82) is 0 Å². The van der Waals surface area contributed by atoms with Crippen molar-refractivity contribution in [2.45, 2.75) is 24.5 Å². The molecule has 5 rings (SSSR count). The molecule has 0 radical (unpaired) electrons. The number of likely N-dealkylation sites (N-methyl/N-ethyl adjacent to an activating group) is 1. The lowest BCUT2D eigenvalue weighted by Gasteiger charge is -2.50. The number of aliphatic imine (C=N–C) groups is 1. The van der Waals surface area contributed by atoms with E-state index in [1.165, 1.54) is 11.0 Å². The van der Waals surface area contributed by atoms with Crippen LogP contribution in [-0.4, -0.2) is 81.9 Å². The van der Waals surface area contributed by atoms with Gasteiger partial charge in [-0.2, -0.15) is 0 Å². The molecule has 40 heavy (non-hydrogen) atoms. The molecule has 0 saturated carbocycles. The van der Waals surface area contributed by atoms with Crippen LogP contribution < -0.4 is 11.1 Å². The number of Topliss-reactive ketones (excluding diaryl/α,β-unsaturated/α-hetero) is 2. The van der Waals surface area contributed by atoms with Gasteiger partial charge in [0.05, 0.1) is 23.6 Å². The van der Waals surface area contributed by atoms with Crippen LogP contribution in [-0.2, 0) is 16.0 Å². The average molecular weight is 547 g/mol. The summed E-state index contributed by atoms with van der Waals surface area (Å²) in [6.45, 7) is 0. The third-order valence-electron chi connectivity index (χ3n) is 8.13. The fraction of sp³-hybridized carbons (Fsp3) is 0.310. The molecule has 7 N–H and O–H groups in total. The lowest BCUT2D eigenvalue weighted by molar-refractivity contribution is -0.148. The Morgan fingerprint density at radius 2 is 1.80 bits per heavy atom. The third-order valence-corrected chi connectivity index (χ3v) is 8.13. The number of allylic oxidation sites excluding steroid dienone is 1. The molecule has 0 aromatic heterocycles. The number of ketones is 2. The van der Waals surface area contributed by atoms with E-state index in [4.69, 9.17) is 5.73 Å². The maximum absolute atomic E-state index is 13.9. The highest BCUT2D eigenvalue weighted by molar-refractivity contribution is 6.24. The number of fused-ring (bicyclic) bond motifs is 3. The van der Waals surface area contributed by atoms with Gasteiger partial charge < -0.3 is 31.5 Å². The number of aliphatic hydroxyl groups excluding tert-OH is 2. The number of rotatable bonds is 5. The van der Waals surface area contributed by atoms with Crippen molar-refractivity contribution in [3.63, 3.8) is 0 Å². The second kappa shape index (κ2) is 9.61. The van der Waals surface area contributed by atoms with Crippen molar-refractivity contribution in [1.82, 2.24) is 10.2 Å². The van der Waals surface area contributed by atoms with Crippen LogP contribution in [0.3, 0.4) is 0 Å². The van der Waals surface area contributed by atoms with Gasteiger partial charge in [0.15, 0.2) is 11.4 Å². The van der Waals surface area contributed by atoms with Crippen molar-refractivity contribution >= 4 is 29.5 Å². The number of aliphatic hydroxyl groups is 3. The van der Waals surface area contributed by atoms with Crippen LogP contribution in [0.25, 0.3) is 11.1 Å². The molecule has 2 aromatic carbocycles. The molecule has 3 aliphatic carbocycles. The fourth-order valence-corrected chi connectivity index (χ4v) is 6.39. The number of phenolic OH excluding ortho intramolecular Hbond substituents is 1. The zero-order chi connectivity index (χ0) is 29.1. The van der Waals surface area contributed by atoms with E-state index in [1.807, 2.05) is 24.3 Å². The molecule has 0 fully saturated rings. The van der Waals surface area contributed by atoms with Crippen molar-refractivity contribution in [2.24, 2.45) is 22.6 Å². The van der Waals surface area contributed by atoms with E-state index in [9.17, 15) is 34.8 Å². The monoisotopic (exact) mass is 546 g/mol. The molecule has 2 aromatic rings. The van der Waals surface area contributed by atoms with E-state index in [0.29, 0.717) is 16.8 Å². The van der Waals surface area contributed by atoms with Crippen molar-refractivity contribution < 1.29 is 34.8 Å². The van der Waals surface area contributed by atoms with Gasteiger partial charge in [0, 0.05) is 18.5 Å². The number of carbonyl (C=O) groups excluding carboxylic acids is 3. The Bertz CT molecular complexity index is 1540. The topological polar surface area (TPSA) is 186 Å². The number of aromatic hydroxyl groups is 1. The highest BCUT2D eigenvalue weighted by atomic mass is 16.3. The minimum atomic E-state index is -2.67. The smallest absolute Gasteiger partial charge is 0.255 e. The number of nitrogens with one attached hydrogen (secondary N) is 1. The quantitative estimate of drug-likeness (QED) is 0.184. The van der Waals surface area contributed by atoms with Gasteiger partial charge >= 0.3 is 0 Å². The van der Waals surface area contributed by atoms with Gasteiger partial charge in [0.25, 0.3) is 5.91 Å². The Kier molecular flexibility index (Phi) is 6.51. The number of hydrogen-bond donors (Lipinski definition) is 6. The first-order chi connectivity index (χ1) is 18.9. The molecule has 0 spiro atoms. The predicted molar refractivity (Wildman–Crippen MR) is 146 cm³/mol. The van der Waals surface area contributed by atoms with Gasteiger partial charge in [-0.3, -0.25) is 19.3 Å². The van der Waals surface area contributed by atoms with Crippen LogP contribution in [0, 0.1) is 11.8 Å². The number of hydrogen-bond acceptors (Lipinski definition) is 9. The van der Waals surface area contributed by atoms with Gasteiger partial charge in [-0.15, -0.1) is 0 Å². The van der Waals surface area contributed by atoms with E-state index in [1.54, 1.807) is 33.5 Å². The molecule has 0 bridgehead atoms.